The molecule has 5 aliphatic carbocycles. The van der Waals surface area contributed by atoms with Gasteiger partial charge in [0.2, 0.25) is 0 Å². The zero-order valence-corrected chi connectivity index (χ0v) is 22.3. The maximum Gasteiger partial charge on any atom is 0.313 e. The van der Waals surface area contributed by atoms with Crippen molar-refractivity contribution in [3.8, 4) is 0 Å². The van der Waals surface area contributed by atoms with E-state index in [2.05, 4.69) is 54.5 Å². The Hall–Kier alpha value is -0.830. The molecule has 0 aliphatic heterocycles. The second kappa shape index (κ2) is 6.89. The molecule has 0 aromatic carbocycles. The van der Waals surface area contributed by atoms with Crippen LogP contribution in [0.3, 0.4) is 0 Å². The largest absolute Gasteiger partial charge is 0.481 e. The van der Waals surface area contributed by atoms with Crippen LogP contribution in [0, 0.1) is 50.2 Å². The van der Waals surface area contributed by atoms with E-state index in [1.54, 1.807) is 0 Å². The van der Waals surface area contributed by atoms with Crippen molar-refractivity contribution in [2.75, 3.05) is 0 Å². The van der Waals surface area contributed by atoms with E-state index in [1.165, 1.54) is 24.8 Å². The van der Waals surface area contributed by atoms with Gasteiger partial charge in [-0.1, -0.05) is 60.1 Å². The molecule has 4 fully saturated rings. The summed E-state index contributed by atoms with van der Waals surface area (Å²) in [5, 5.41) is 21.4. The molecule has 8 atom stereocenters. The van der Waals surface area contributed by atoms with E-state index < -0.39 is 11.4 Å². The number of hydrogen-bond donors (Lipinski definition) is 2. The van der Waals surface area contributed by atoms with Crippen LogP contribution in [0.25, 0.3) is 0 Å². The molecule has 0 bridgehead atoms. The summed E-state index contributed by atoms with van der Waals surface area (Å²) in [5.41, 5.74) is 1.40. The van der Waals surface area contributed by atoms with Crippen molar-refractivity contribution >= 4 is 5.97 Å². The lowest BCUT2D eigenvalue weighted by atomic mass is 9.32. The molecule has 33 heavy (non-hydrogen) atoms. The van der Waals surface area contributed by atoms with Crippen LogP contribution in [0.15, 0.2) is 11.6 Å². The Balaban J connectivity index is 1.58. The number of carbonyl (C=O) groups is 1. The number of aliphatic hydroxyl groups excluding tert-OH is 1. The smallest absolute Gasteiger partial charge is 0.313 e. The maximum atomic E-state index is 12.7. The van der Waals surface area contributed by atoms with Crippen molar-refractivity contribution in [3.63, 3.8) is 0 Å². The predicted octanol–water partition coefficient (Wildman–Crippen LogP) is 7.23. The summed E-state index contributed by atoms with van der Waals surface area (Å²) in [6.45, 7) is 16.9. The maximum absolute atomic E-state index is 12.7. The normalized spacial score (nSPS) is 52.4. The van der Waals surface area contributed by atoms with Crippen LogP contribution in [0.2, 0.25) is 0 Å². The van der Waals surface area contributed by atoms with Gasteiger partial charge in [-0.15, -0.1) is 0 Å². The van der Waals surface area contributed by atoms with E-state index in [9.17, 15) is 15.0 Å². The summed E-state index contributed by atoms with van der Waals surface area (Å²) in [4.78, 5) is 12.7. The van der Waals surface area contributed by atoms with E-state index in [0.29, 0.717) is 17.8 Å². The molecule has 0 spiro atoms. The summed E-state index contributed by atoms with van der Waals surface area (Å²) in [7, 11) is 0. The second-order valence-corrected chi connectivity index (χ2v) is 15.0. The highest BCUT2D eigenvalue weighted by Gasteiger charge is 2.69. The molecule has 0 aromatic rings. The Labute approximate surface area is 201 Å². The van der Waals surface area contributed by atoms with E-state index >= 15 is 0 Å². The van der Waals surface area contributed by atoms with Gasteiger partial charge in [0.25, 0.3) is 0 Å². The van der Waals surface area contributed by atoms with Gasteiger partial charge in [0.1, 0.15) is 0 Å². The predicted molar refractivity (Wildman–Crippen MR) is 133 cm³/mol. The van der Waals surface area contributed by atoms with Crippen LogP contribution in [0.1, 0.15) is 113 Å². The molecule has 5 rings (SSSR count). The molecule has 2 unspecified atom stereocenters. The first kappa shape index (κ1) is 23.9. The van der Waals surface area contributed by atoms with Crippen molar-refractivity contribution in [3.05, 3.63) is 11.6 Å². The van der Waals surface area contributed by atoms with E-state index in [-0.39, 0.29) is 33.2 Å². The van der Waals surface area contributed by atoms with E-state index in [1.807, 2.05) is 0 Å². The Bertz CT molecular complexity index is 885. The molecule has 3 nitrogen and oxygen atoms in total. The first-order valence-electron chi connectivity index (χ1n) is 13.8. The Morgan fingerprint density at radius 1 is 0.788 bits per heavy atom. The Kier molecular flexibility index (Phi) is 4.99. The third kappa shape index (κ3) is 2.87. The minimum absolute atomic E-state index is 0.0208. The number of carboxylic acid groups (broad SMARTS) is 1. The highest BCUT2D eigenvalue weighted by atomic mass is 16.4. The lowest BCUT2D eigenvalue weighted by molar-refractivity contribution is -0.229. The number of aliphatic carboxylic acids is 1. The number of carboxylic acids is 1. The van der Waals surface area contributed by atoms with E-state index in [4.69, 9.17) is 0 Å². The molecule has 0 saturated heterocycles. The molecule has 5 aliphatic rings. The van der Waals surface area contributed by atoms with Gasteiger partial charge < -0.3 is 10.2 Å². The lowest BCUT2D eigenvalue weighted by Crippen LogP contribution is -2.66. The highest BCUT2D eigenvalue weighted by Crippen LogP contribution is 2.76. The number of fused-ring (bicyclic) bond motifs is 7. The number of aliphatic hydroxyl groups is 1. The molecule has 2 N–H and O–H groups in total. The summed E-state index contributed by atoms with van der Waals surface area (Å²) in [6.07, 6.45) is 12.7. The quantitative estimate of drug-likeness (QED) is 0.409. The van der Waals surface area contributed by atoms with Gasteiger partial charge in [-0.2, -0.15) is 0 Å². The third-order valence-corrected chi connectivity index (χ3v) is 13.0. The van der Waals surface area contributed by atoms with Crippen LogP contribution < -0.4 is 0 Å². The molecule has 0 amide bonds. The summed E-state index contributed by atoms with van der Waals surface area (Å²) in [6, 6.07) is 0. The number of hydrogen-bond acceptors (Lipinski definition) is 2. The van der Waals surface area contributed by atoms with Gasteiger partial charge in [0.15, 0.2) is 0 Å². The standard InChI is InChI=1S/C30H48O3/c1-25(2)14-16-30(24(32)33)17-15-28(6)19(20(30)18-25)8-9-22-27(5)12-11-23(31)26(3,4)21(27)10-13-29(22,28)7/h18-19,21-23,31H,8-17H2,1-7H3,(H,32,33)/t19?,21?,22-,23-,27+,28-,29-,30+/m1/s1. The van der Waals surface area contributed by atoms with Crippen LogP contribution >= 0.6 is 0 Å². The number of allylic oxidation sites excluding steroid dienone is 1. The van der Waals surface area contributed by atoms with Crippen molar-refractivity contribution in [2.45, 2.75) is 119 Å². The number of rotatable bonds is 1. The molecule has 3 heteroatoms. The summed E-state index contributed by atoms with van der Waals surface area (Å²) in [5.74, 6) is 1.05. The Morgan fingerprint density at radius 3 is 2.12 bits per heavy atom. The summed E-state index contributed by atoms with van der Waals surface area (Å²) < 4.78 is 0. The first-order valence-corrected chi connectivity index (χ1v) is 13.8. The van der Waals surface area contributed by atoms with Crippen LogP contribution in [0.5, 0.6) is 0 Å². The third-order valence-electron chi connectivity index (χ3n) is 13.0. The second-order valence-electron chi connectivity index (χ2n) is 15.0. The monoisotopic (exact) mass is 456 g/mol. The minimum atomic E-state index is -0.624. The molecular weight excluding hydrogens is 408 g/mol. The van der Waals surface area contributed by atoms with Crippen LogP contribution in [-0.2, 0) is 4.79 Å². The fourth-order valence-electron chi connectivity index (χ4n) is 10.7. The molecule has 0 radical (unpaired) electrons. The van der Waals surface area contributed by atoms with Crippen LogP contribution in [-0.4, -0.2) is 22.3 Å². The molecular formula is C30H48O3. The van der Waals surface area contributed by atoms with Crippen molar-refractivity contribution < 1.29 is 15.0 Å². The fraction of sp³-hybridized carbons (Fsp3) is 0.900. The first-order chi connectivity index (χ1) is 15.1. The van der Waals surface area contributed by atoms with Crippen molar-refractivity contribution in [1.29, 1.82) is 0 Å². The minimum Gasteiger partial charge on any atom is -0.481 e. The zero-order valence-electron chi connectivity index (χ0n) is 22.3. The summed E-state index contributed by atoms with van der Waals surface area (Å²) >= 11 is 0. The van der Waals surface area contributed by atoms with Crippen molar-refractivity contribution in [2.24, 2.45) is 50.2 Å². The molecule has 0 aromatic heterocycles. The fourth-order valence-corrected chi connectivity index (χ4v) is 10.7. The van der Waals surface area contributed by atoms with Crippen LogP contribution in [0.4, 0.5) is 0 Å². The van der Waals surface area contributed by atoms with Gasteiger partial charge in [-0.3, -0.25) is 4.79 Å². The average molecular weight is 457 g/mol. The highest BCUT2D eigenvalue weighted by molar-refractivity contribution is 5.80. The van der Waals surface area contributed by atoms with Gasteiger partial charge in [0, 0.05) is 0 Å². The molecule has 0 heterocycles. The average Bonchev–Trinajstić information content (AvgIpc) is 2.71. The molecule has 4 saturated carbocycles. The zero-order chi connectivity index (χ0) is 24.2. The van der Waals surface area contributed by atoms with Gasteiger partial charge in [-0.05, 0) is 109 Å². The molecule has 186 valence electrons. The van der Waals surface area contributed by atoms with Crippen molar-refractivity contribution in [1.82, 2.24) is 0 Å². The Morgan fingerprint density at radius 2 is 1.45 bits per heavy atom. The van der Waals surface area contributed by atoms with E-state index in [0.717, 1.165) is 44.9 Å². The topological polar surface area (TPSA) is 57.5 Å². The lowest BCUT2D eigenvalue weighted by Gasteiger charge is -2.72. The van der Waals surface area contributed by atoms with Gasteiger partial charge in [0.05, 0.1) is 11.5 Å². The van der Waals surface area contributed by atoms with Gasteiger partial charge >= 0.3 is 5.97 Å². The SMILES string of the molecule is CC1(C)C=C2C3CC[C@@H]4[C@@]5(C)CC[C@@H](O)C(C)(C)C5CC[C@@]4(C)[C@]3(C)CC[C@@]2(C(=O)O)CC1. The van der Waals surface area contributed by atoms with Gasteiger partial charge in [-0.25, -0.2) is 0 Å².